The molecular formula is C22H28NO. The minimum Gasteiger partial charge on any atom is -0.494 e. The van der Waals surface area contributed by atoms with E-state index in [0.717, 1.165) is 30.2 Å². The van der Waals surface area contributed by atoms with Crippen LogP contribution in [0, 0.1) is 0 Å². The third-order valence-electron chi connectivity index (χ3n) is 4.67. The fourth-order valence-electron chi connectivity index (χ4n) is 3.27. The molecule has 0 aliphatic carbocycles. The normalized spacial score (nSPS) is 11.7. The summed E-state index contributed by atoms with van der Waals surface area (Å²) in [6, 6.07) is 14.5. The first-order chi connectivity index (χ1) is 11.9. The highest BCUT2D eigenvalue weighted by Gasteiger charge is 2.19. The van der Waals surface area contributed by atoms with E-state index in [1.54, 1.807) is 0 Å². The van der Waals surface area contributed by atoms with Crippen LogP contribution in [0.3, 0.4) is 0 Å². The summed E-state index contributed by atoms with van der Waals surface area (Å²) >= 11 is 0. The molecule has 127 valence electrons. The van der Waals surface area contributed by atoms with Crippen molar-refractivity contribution in [3.05, 3.63) is 42.5 Å². The summed E-state index contributed by atoms with van der Waals surface area (Å²) in [5, 5.41) is 4.65. The largest absolute Gasteiger partial charge is 0.494 e. The van der Waals surface area contributed by atoms with Crippen LogP contribution in [0.15, 0.2) is 42.5 Å². The van der Waals surface area contributed by atoms with Crippen molar-refractivity contribution < 1.29 is 4.74 Å². The second-order valence-electron chi connectivity index (χ2n) is 6.63. The number of benzene rings is 2. The van der Waals surface area contributed by atoms with Gasteiger partial charge in [0.05, 0.1) is 18.0 Å². The van der Waals surface area contributed by atoms with Crippen LogP contribution in [0.2, 0.25) is 0 Å². The maximum absolute atomic E-state index is 5.95. The van der Waals surface area contributed by atoms with E-state index in [1.807, 2.05) is 12.1 Å². The molecule has 1 radical (unpaired) electrons. The average molecular weight is 322 g/mol. The van der Waals surface area contributed by atoms with Gasteiger partial charge >= 0.3 is 0 Å². The quantitative estimate of drug-likeness (QED) is 0.378. The first kappa shape index (κ1) is 16.9. The van der Waals surface area contributed by atoms with E-state index in [2.05, 4.69) is 42.6 Å². The monoisotopic (exact) mass is 322 g/mol. The Balaban J connectivity index is 1.40. The van der Waals surface area contributed by atoms with Gasteiger partial charge in [-0.15, -0.1) is 0 Å². The fourth-order valence-corrected chi connectivity index (χ4v) is 3.27. The Hall–Kier alpha value is -1.96. The molecule has 0 atom stereocenters. The Labute approximate surface area is 146 Å². The van der Waals surface area contributed by atoms with Crippen molar-refractivity contribution in [3.63, 3.8) is 0 Å². The topological polar surface area (TPSA) is 23.3 Å². The molecule has 0 spiro atoms. The lowest BCUT2D eigenvalue weighted by Crippen LogP contribution is -1.97. The molecule has 3 rings (SSSR count). The van der Waals surface area contributed by atoms with E-state index >= 15 is 0 Å². The maximum atomic E-state index is 5.95. The number of hydrogen-bond acceptors (Lipinski definition) is 1. The van der Waals surface area contributed by atoms with Crippen molar-refractivity contribution in [2.45, 2.75) is 58.3 Å². The first-order valence-corrected chi connectivity index (χ1v) is 9.46. The van der Waals surface area contributed by atoms with E-state index in [1.165, 1.54) is 56.1 Å². The zero-order valence-corrected chi connectivity index (χ0v) is 14.8. The van der Waals surface area contributed by atoms with Crippen molar-refractivity contribution >= 4 is 11.4 Å². The smallest absolute Gasteiger partial charge is 0.120 e. The second-order valence-corrected chi connectivity index (χ2v) is 6.63. The predicted molar refractivity (Wildman–Crippen MR) is 101 cm³/mol. The Bertz CT molecular complexity index is 650. The van der Waals surface area contributed by atoms with Gasteiger partial charge in [0.15, 0.2) is 0 Å². The van der Waals surface area contributed by atoms with Gasteiger partial charge in [-0.3, -0.25) is 0 Å². The van der Waals surface area contributed by atoms with Crippen LogP contribution >= 0.6 is 0 Å². The van der Waals surface area contributed by atoms with Crippen LogP contribution in [0.5, 0.6) is 5.75 Å². The lowest BCUT2D eigenvalue weighted by Gasteiger charge is -2.08. The third kappa shape index (κ3) is 4.31. The van der Waals surface area contributed by atoms with Gasteiger partial charge < -0.3 is 4.74 Å². The lowest BCUT2D eigenvalue weighted by molar-refractivity contribution is 0.304. The molecule has 0 saturated carbocycles. The summed E-state index contributed by atoms with van der Waals surface area (Å²) in [6.07, 6.45) is 10.6. The number of ether oxygens (including phenoxy) is 1. The van der Waals surface area contributed by atoms with Crippen molar-refractivity contribution in [3.8, 4) is 16.9 Å². The molecule has 0 amide bonds. The maximum Gasteiger partial charge on any atom is 0.120 e. The van der Waals surface area contributed by atoms with Gasteiger partial charge in [0, 0.05) is 11.1 Å². The molecule has 1 aliphatic heterocycles. The van der Waals surface area contributed by atoms with E-state index < -0.39 is 0 Å². The Morgan fingerprint density at radius 1 is 0.750 bits per heavy atom. The van der Waals surface area contributed by atoms with Crippen LogP contribution in [0.1, 0.15) is 58.3 Å². The van der Waals surface area contributed by atoms with Gasteiger partial charge in [0.2, 0.25) is 0 Å². The molecule has 0 saturated heterocycles. The summed E-state index contributed by atoms with van der Waals surface area (Å²) in [5.41, 5.74) is 4.52. The van der Waals surface area contributed by atoms with Gasteiger partial charge in [0.25, 0.3) is 0 Å². The van der Waals surface area contributed by atoms with Crippen LogP contribution in [-0.2, 0) is 0 Å². The molecule has 2 nitrogen and oxygen atoms in total. The summed E-state index contributed by atoms with van der Waals surface area (Å²) in [6.45, 7) is 3.08. The van der Waals surface area contributed by atoms with E-state index in [4.69, 9.17) is 4.74 Å². The Morgan fingerprint density at radius 2 is 1.46 bits per heavy atom. The van der Waals surface area contributed by atoms with E-state index in [0.29, 0.717) is 0 Å². The SMILES string of the molecule is CCCCCCCCCCOc1ccc2c(c1)-c1ccccc1[N]2. The Kier molecular flexibility index (Phi) is 6.17. The molecule has 0 fully saturated rings. The van der Waals surface area contributed by atoms with Crippen molar-refractivity contribution in [1.29, 1.82) is 0 Å². The lowest BCUT2D eigenvalue weighted by atomic mass is 10.1. The van der Waals surface area contributed by atoms with Gasteiger partial charge in [-0.1, -0.05) is 70.1 Å². The van der Waals surface area contributed by atoms with Crippen LogP contribution < -0.4 is 10.1 Å². The molecule has 2 heteroatoms. The molecular weight excluding hydrogens is 294 g/mol. The number of hydrogen-bond donors (Lipinski definition) is 0. The summed E-state index contributed by atoms with van der Waals surface area (Å²) in [7, 11) is 0. The van der Waals surface area contributed by atoms with Crippen LogP contribution in [-0.4, -0.2) is 6.61 Å². The number of nitrogens with zero attached hydrogens (tertiary/aromatic N) is 1. The van der Waals surface area contributed by atoms with Gasteiger partial charge in [-0.2, -0.15) is 0 Å². The predicted octanol–water partition coefficient (Wildman–Crippen LogP) is 6.75. The molecule has 0 aromatic heterocycles. The molecule has 2 aromatic rings. The number of unbranched alkanes of at least 4 members (excludes halogenated alkanes) is 7. The van der Waals surface area contributed by atoms with Crippen LogP contribution in [0.4, 0.5) is 11.4 Å². The molecule has 1 heterocycles. The third-order valence-corrected chi connectivity index (χ3v) is 4.67. The fraction of sp³-hybridized carbons (Fsp3) is 0.455. The van der Waals surface area contributed by atoms with Crippen LogP contribution in [0.25, 0.3) is 11.1 Å². The van der Waals surface area contributed by atoms with Crippen molar-refractivity contribution in [1.82, 2.24) is 5.32 Å². The summed E-state index contributed by atoms with van der Waals surface area (Å²) in [4.78, 5) is 0. The highest BCUT2D eigenvalue weighted by Crippen LogP contribution is 2.43. The van der Waals surface area contributed by atoms with Gasteiger partial charge in [0.1, 0.15) is 5.75 Å². The molecule has 1 aliphatic rings. The highest BCUT2D eigenvalue weighted by molar-refractivity contribution is 5.91. The van der Waals surface area contributed by atoms with E-state index in [-0.39, 0.29) is 0 Å². The van der Waals surface area contributed by atoms with Gasteiger partial charge in [-0.05, 0) is 30.7 Å². The second kappa shape index (κ2) is 8.77. The summed E-state index contributed by atoms with van der Waals surface area (Å²) < 4.78 is 5.95. The van der Waals surface area contributed by atoms with Crippen molar-refractivity contribution in [2.75, 3.05) is 6.61 Å². The zero-order valence-electron chi connectivity index (χ0n) is 14.8. The highest BCUT2D eigenvalue weighted by atomic mass is 16.5. The number of para-hydroxylation sites is 1. The number of fused-ring (bicyclic) bond motifs is 3. The molecule has 2 aromatic carbocycles. The zero-order chi connectivity index (χ0) is 16.6. The molecule has 0 bridgehead atoms. The molecule has 0 unspecified atom stereocenters. The van der Waals surface area contributed by atoms with Crippen molar-refractivity contribution in [2.24, 2.45) is 0 Å². The van der Waals surface area contributed by atoms with Gasteiger partial charge in [-0.25, -0.2) is 5.32 Å². The molecule has 0 N–H and O–H groups in total. The number of rotatable bonds is 10. The minimum absolute atomic E-state index is 0.812. The molecule has 24 heavy (non-hydrogen) atoms. The minimum atomic E-state index is 0.812. The Morgan fingerprint density at radius 3 is 2.29 bits per heavy atom. The van der Waals surface area contributed by atoms with E-state index in [9.17, 15) is 0 Å². The standard InChI is InChI=1S/C22H28NO/c1-2-3-4-5-6-7-8-11-16-24-18-14-15-22-20(17-18)19-12-9-10-13-21(19)23-22/h9-10,12-15,17H,2-8,11,16H2,1H3. The average Bonchev–Trinajstić information content (AvgIpc) is 2.98. The summed E-state index contributed by atoms with van der Waals surface area (Å²) in [5.74, 6) is 0.962. The first-order valence-electron chi connectivity index (χ1n) is 9.46.